The van der Waals surface area contributed by atoms with Crippen LogP contribution in [0.5, 0.6) is 0 Å². The van der Waals surface area contributed by atoms with Gasteiger partial charge in [0.15, 0.2) is 0 Å². The van der Waals surface area contributed by atoms with E-state index in [-0.39, 0.29) is 16.8 Å². The highest BCUT2D eigenvalue weighted by molar-refractivity contribution is 5.92. The maximum Gasteiger partial charge on any atom is 0.336 e. The van der Waals surface area contributed by atoms with Crippen LogP contribution < -0.4 is 5.73 Å². The Kier molecular flexibility index (Phi) is 2.23. The molecule has 0 spiro atoms. The monoisotopic (exact) mass is 183 g/mol. The highest BCUT2D eigenvalue weighted by Crippen LogP contribution is 2.22. The molecule has 4 heteroatoms. The van der Waals surface area contributed by atoms with Gasteiger partial charge in [-0.25, -0.2) is 9.18 Å². The Balaban J connectivity index is 3.56. The van der Waals surface area contributed by atoms with Crippen LogP contribution >= 0.6 is 0 Å². The van der Waals surface area contributed by atoms with E-state index in [9.17, 15) is 9.18 Å². The molecule has 0 saturated carbocycles. The van der Waals surface area contributed by atoms with E-state index in [0.717, 1.165) is 6.07 Å². The van der Waals surface area contributed by atoms with Crippen molar-refractivity contribution in [1.82, 2.24) is 0 Å². The fraction of sp³-hybridized carbons (Fsp3) is 0.222. The summed E-state index contributed by atoms with van der Waals surface area (Å²) in [5.74, 6) is -1.73. The lowest BCUT2D eigenvalue weighted by Crippen LogP contribution is -2.07. The fourth-order valence-corrected chi connectivity index (χ4v) is 1.22. The van der Waals surface area contributed by atoms with Gasteiger partial charge in [0, 0.05) is 5.69 Å². The predicted octanol–water partition coefficient (Wildman–Crippen LogP) is 1.72. The molecular formula is C9H10FNO2. The van der Waals surface area contributed by atoms with Crippen molar-refractivity contribution < 1.29 is 14.3 Å². The molecule has 1 aromatic carbocycles. The Morgan fingerprint density at radius 1 is 1.46 bits per heavy atom. The summed E-state index contributed by atoms with van der Waals surface area (Å²) in [5, 5.41) is 8.77. The van der Waals surface area contributed by atoms with Gasteiger partial charge in [-0.15, -0.1) is 0 Å². The van der Waals surface area contributed by atoms with Gasteiger partial charge in [0.05, 0.1) is 5.56 Å². The number of benzene rings is 1. The number of hydrogen-bond acceptors (Lipinski definition) is 2. The zero-order valence-electron chi connectivity index (χ0n) is 7.39. The third-order valence-corrected chi connectivity index (χ3v) is 2.04. The first-order chi connectivity index (χ1) is 5.95. The van der Waals surface area contributed by atoms with Gasteiger partial charge < -0.3 is 10.8 Å². The van der Waals surface area contributed by atoms with E-state index in [2.05, 4.69) is 0 Å². The summed E-state index contributed by atoms with van der Waals surface area (Å²) < 4.78 is 13.0. The number of carboxylic acids is 1. The van der Waals surface area contributed by atoms with Crippen molar-refractivity contribution in [2.24, 2.45) is 0 Å². The normalized spacial score (nSPS) is 10.1. The highest BCUT2D eigenvalue weighted by atomic mass is 19.1. The molecule has 0 heterocycles. The number of carboxylic acid groups (broad SMARTS) is 1. The Morgan fingerprint density at radius 2 is 2.00 bits per heavy atom. The molecule has 0 fully saturated rings. The maximum absolute atomic E-state index is 13.0. The van der Waals surface area contributed by atoms with Gasteiger partial charge in [-0.05, 0) is 31.0 Å². The number of nitrogen functional groups attached to an aromatic ring is 1. The zero-order valence-corrected chi connectivity index (χ0v) is 7.39. The van der Waals surface area contributed by atoms with Crippen LogP contribution in [0.15, 0.2) is 6.07 Å². The molecule has 1 rings (SSSR count). The van der Waals surface area contributed by atoms with E-state index in [1.807, 2.05) is 0 Å². The smallest absolute Gasteiger partial charge is 0.336 e. The average molecular weight is 183 g/mol. The second-order valence-electron chi connectivity index (χ2n) is 2.88. The number of nitrogens with two attached hydrogens (primary N) is 1. The van der Waals surface area contributed by atoms with Gasteiger partial charge >= 0.3 is 5.97 Å². The molecule has 0 aliphatic carbocycles. The number of anilines is 1. The zero-order chi connectivity index (χ0) is 10.2. The van der Waals surface area contributed by atoms with Crippen LogP contribution in [0.3, 0.4) is 0 Å². The summed E-state index contributed by atoms with van der Waals surface area (Å²) in [6.45, 7) is 2.98. The molecule has 0 radical (unpaired) electrons. The number of carbonyl (C=O) groups is 1. The molecule has 0 atom stereocenters. The summed E-state index contributed by atoms with van der Waals surface area (Å²) in [6, 6.07) is 1.14. The summed E-state index contributed by atoms with van der Waals surface area (Å²) in [6.07, 6.45) is 0. The molecule has 0 amide bonds. The molecule has 1 aromatic rings. The van der Waals surface area contributed by atoms with Gasteiger partial charge in [-0.2, -0.15) is 0 Å². The summed E-state index contributed by atoms with van der Waals surface area (Å²) in [7, 11) is 0. The molecular weight excluding hydrogens is 173 g/mol. The second kappa shape index (κ2) is 3.05. The third kappa shape index (κ3) is 1.47. The van der Waals surface area contributed by atoms with Crippen molar-refractivity contribution in [2.75, 3.05) is 5.73 Å². The fourth-order valence-electron chi connectivity index (χ4n) is 1.22. The minimum Gasteiger partial charge on any atom is -0.478 e. The molecule has 13 heavy (non-hydrogen) atoms. The van der Waals surface area contributed by atoms with Crippen molar-refractivity contribution >= 4 is 11.7 Å². The predicted molar refractivity (Wildman–Crippen MR) is 47.2 cm³/mol. The molecule has 70 valence electrons. The first-order valence-corrected chi connectivity index (χ1v) is 3.73. The summed E-state index contributed by atoms with van der Waals surface area (Å²) in [5.41, 5.74) is 6.08. The minimum absolute atomic E-state index is 0.0440. The van der Waals surface area contributed by atoms with Gasteiger partial charge in [0.25, 0.3) is 0 Å². The van der Waals surface area contributed by atoms with Crippen LogP contribution in [0.2, 0.25) is 0 Å². The van der Waals surface area contributed by atoms with Crippen LogP contribution in [0, 0.1) is 19.7 Å². The van der Waals surface area contributed by atoms with Crippen LogP contribution in [0.25, 0.3) is 0 Å². The molecule has 0 aliphatic heterocycles. The van der Waals surface area contributed by atoms with Gasteiger partial charge in [0.2, 0.25) is 0 Å². The lowest BCUT2D eigenvalue weighted by Gasteiger charge is -2.08. The molecule has 3 nitrogen and oxygen atoms in total. The number of halogens is 1. The molecule has 3 N–H and O–H groups in total. The Morgan fingerprint density at radius 3 is 2.46 bits per heavy atom. The standard InChI is InChI=1S/C9H10FNO2/c1-4-6(10)3-7(11)5(2)8(4)9(12)13/h3H,11H2,1-2H3,(H,12,13). The van der Waals surface area contributed by atoms with Crippen molar-refractivity contribution in [2.45, 2.75) is 13.8 Å². The number of hydrogen-bond donors (Lipinski definition) is 2. The average Bonchev–Trinajstić information content (AvgIpc) is 2.01. The van der Waals surface area contributed by atoms with E-state index in [0.29, 0.717) is 5.56 Å². The van der Waals surface area contributed by atoms with E-state index >= 15 is 0 Å². The lowest BCUT2D eigenvalue weighted by molar-refractivity contribution is 0.0694. The third-order valence-electron chi connectivity index (χ3n) is 2.04. The Bertz CT molecular complexity index is 348. The van der Waals surface area contributed by atoms with E-state index in [1.165, 1.54) is 6.92 Å². The largest absolute Gasteiger partial charge is 0.478 e. The van der Waals surface area contributed by atoms with E-state index < -0.39 is 11.8 Å². The summed E-state index contributed by atoms with van der Waals surface area (Å²) in [4.78, 5) is 10.7. The molecule has 0 aromatic heterocycles. The Hall–Kier alpha value is -1.58. The first kappa shape index (κ1) is 9.51. The number of aromatic carboxylic acids is 1. The van der Waals surface area contributed by atoms with Crippen LogP contribution in [0.1, 0.15) is 21.5 Å². The van der Waals surface area contributed by atoms with E-state index in [4.69, 9.17) is 10.8 Å². The summed E-state index contributed by atoms with van der Waals surface area (Å²) >= 11 is 0. The lowest BCUT2D eigenvalue weighted by atomic mass is 10.0. The van der Waals surface area contributed by atoms with Gasteiger partial charge in [0.1, 0.15) is 5.82 Å². The molecule has 0 saturated heterocycles. The first-order valence-electron chi connectivity index (χ1n) is 3.73. The molecule has 0 bridgehead atoms. The SMILES string of the molecule is Cc1c(N)cc(F)c(C)c1C(=O)O. The van der Waals surface area contributed by atoms with Gasteiger partial charge in [-0.1, -0.05) is 0 Å². The van der Waals surface area contributed by atoms with Crippen LogP contribution in [0.4, 0.5) is 10.1 Å². The van der Waals surface area contributed by atoms with Crippen molar-refractivity contribution in [3.63, 3.8) is 0 Å². The van der Waals surface area contributed by atoms with Crippen molar-refractivity contribution in [3.05, 3.63) is 28.6 Å². The topological polar surface area (TPSA) is 63.3 Å². The second-order valence-corrected chi connectivity index (χ2v) is 2.88. The van der Waals surface area contributed by atoms with E-state index in [1.54, 1.807) is 6.92 Å². The Labute approximate surface area is 75.0 Å². The highest BCUT2D eigenvalue weighted by Gasteiger charge is 2.16. The maximum atomic E-state index is 13.0. The number of rotatable bonds is 1. The van der Waals surface area contributed by atoms with Crippen LogP contribution in [-0.4, -0.2) is 11.1 Å². The molecule has 0 unspecified atom stereocenters. The molecule has 0 aliphatic rings. The minimum atomic E-state index is -1.15. The quantitative estimate of drug-likeness (QED) is 0.651. The van der Waals surface area contributed by atoms with Crippen molar-refractivity contribution in [1.29, 1.82) is 0 Å². The van der Waals surface area contributed by atoms with Crippen molar-refractivity contribution in [3.8, 4) is 0 Å². The van der Waals surface area contributed by atoms with Crippen LogP contribution in [-0.2, 0) is 0 Å². The van der Waals surface area contributed by atoms with Gasteiger partial charge in [-0.3, -0.25) is 0 Å².